The quantitative estimate of drug-likeness (QED) is 0.679. The zero-order valence-electron chi connectivity index (χ0n) is 10.1. The molecule has 0 aliphatic carbocycles. The minimum absolute atomic E-state index is 0.152. The van der Waals surface area contributed by atoms with E-state index in [0.29, 0.717) is 6.54 Å². The van der Waals surface area contributed by atoms with Crippen LogP contribution in [0.25, 0.3) is 0 Å². The van der Waals surface area contributed by atoms with Gasteiger partial charge in [0.15, 0.2) is 0 Å². The van der Waals surface area contributed by atoms with E-state index in [-0.39, 0.29) is 12.0 Å². The molecule has 0 aromatic heterocycles. The number of nitrogens with one attached hydrogen (secondary N) is 1. The summed E-state index contributed by atoms with van der Waals surface area (Å²) in [6.07, 6.45) is 1.59. The number of aliphatic hydroxyl groups excluding tert-OH is 1. The fourth-order valence-corrected chi connectivity index (χ4v) is 2.66. The van der Waals surface area contributed by atoms with Crippen molar-refractivity contribution in [3.8, 4) is 0 Å². The van der Waals surface area contributed by atoms with Gasteiger partial charge in [-0.1, -0.05) is 6.07 Å². The Hall–Kier alpha value is -1.59. The van der Waals surface area contributed by atoms with Crippen molar-refractivity contribution in [2.45, 2.75) is 25.0 Å². The zero-order valence-corrected chi connectivity index (χ0v) is 10.1. The van der Waals surface area contributed by atoms with E-state index in [2.05, 4.69) is 10.2 Å². The Morgan fingerprint density at radius 2 is 2.28 bits per heavy atom. The first kappa shape index (κ1) is 11.5. The average Bonchev–Trinajstić information content (AvgIpc) is 2.65. The van der Waals surface area contributed by atoms with Crippen LogP contribution in [0.1, 0.15) is 24.4 Å². The van der Waals surface area contributed by atoms with E-state index in [1.807, 2.05) is 18.2 Å². The molecule has 2 aliphatic heterocycles. The Bertz CT molecular complexity index is 489. The topological polar surface area (TPSA) is 78.6 Å². The smallest absolute Gasteiger partial charge is 0.245 e. The molecule has 2 unspecified atom stereocenters. The number of carbonyl (C=O) groups excluding carboxylic acids is 1. The van der Waals surface area contributed by atoms with Crippen molar-refractivity contribution < 1.29 is 9.90 Å². The summed E-state index contributed by atoms with van der Waals surface area (Å²) in [5.74, 6) is -0.152. The molecular formula is C13H17N3O2. The molecule has 1 fully saturated rings. The van der Waals surface area contributed by atoms with Crippen molar-refractivity contribution in [3.63, 3.8) is 0 Å². The molecule has 3 rings (SSSR count). The lowest BCUT2D eigenvalue weighted by molar-refractivity contribution is -0.116. The van der Waals surface area contributed by atoms with Crippen LogP contribution >= 0.6 is 0 Å². The van der Waals surface area contributed by atoms with Gasteiger partial charge in [0, 0.05) is 30.0 Å². The summed E-state index contributed by atoms with van der Waals surface area (Å²) in [5.41, 5.74) is 8.45. The van der Waals surface area contributed by atoms with Crippen LogP contribution in [0.3, 0.4) is 0 Å². The van der Waals surface area contributed by atoms with E-state index in [4.69, 9.17) is 5.73 Å². The highest BCUT2D eigenvalue weighted by Gasteiger charge is 2.28. The van der Waals surface area contributed by atoms with Crippen LogP contribution in [-0.2, 0) is 4.79 Å². The van der Waals surface area contributed by atoms with Gasteiger partial charge < -0.3 is 21.1 Å². The van der Waals surface area contributed by atoms with Crippen LogP contribution in [0.2, 0.25) is 0 Å². The normalized spacial score (nSPS) is 27.0. The molecule has 0 radical (unpaired) electrons. The van der Waals surface area contributed by atoms with Crippen molar-refractivity contribution in [2.24, 2.45) is 5.73 Å². The number of carbonyl (C=O) groups is 1. The Labute approximate surface area is 106 Å². The molecule has 18 heavy (non-hydrogen) atoms. The molecule has 2 aliphatic rings. The molecule has 1 aromatic rings. The lowest BCUT2D eigenvalue weighted by atomic mass is 10.1. The molecule has 2 atom stereocenters. The van der Waals surface area contributed by atoms with E-state index < -0.39 is 6.04 Å². The average molecular weight is 247 g/mol. The van der Waals surface area contributed by atoms with Gasteiger partial charge in [-0.2, -0.15) is 0 Å². The Morgan fingerprint density at radius 1 is 1.44 bits per heavy atom. The Balaban J connectivity index is 1.87. The number of rotatable bonds is 1. The summed E-state index contributed by atoms with van der Waals surface area (Å²) in [6, 6.07) is 5.25. The molecule has 4 N–H and O–H groups in total. The zero-order chi connectivity index (χ0) is 12.7. The molecule has 96 valence electrons. The third kappa shape index (κ3) is 1.85. The number of amides is 1. The number of hydrogen-bond acceptors (Lipinski definition) is 4. The van der Waals surface area contributed by atoms with Gasteiger partial charge in [0.05, 0.1) is 6.10 Å². The van der Waals surface area contributed by atoms with Crippen LogP contribution in [-0.4, -0.2) is 30.2 Å². The molecule has 1 aromatic carbocycles. The number of aliphatic hydroxyl groups is 1. The third-order valence-corrected chi connectivity index (χ3v) is 3.67. The Morgan fingerprint density at radius 3 is 3.06 bits per heavy atom. The maximum atomic E-state index is 11.5. The number of anilines is 2. The standard InChI is InChI=1S/C13H17N3O2/c14-12-10-4-3-8(6-11(10)15-13(12)18)16-5-1-2-9(17)7-16/h3-4,6,9,12,17H,1-2,5,7,14H2,(H,15,18). The minimum atomic E-state index is -0.555. The van der Waals surface area contributed by atoms with E-state index in [1.165, 1.54) is 0 Å². The van der Waals surface area contributed by atoms with Gasteiger partial charge in [-0.15, -0.1) is 0 Å². The van der Waals surface area contributed by atoms with Gasteiger partial charge in [0.25, 0.3) is 0 Å². The monoisotopic (exact) mass is 247 g/mol. The highest BCUT2D eigenvalue weighted by atomic mass is 16.3. The largest absolute Gasteiger partial charge is 0.391 e. The van der Waals surface area contributed by atoms with Crippen molar-refractivity contribution in [3.05, 3.63) is 23.8 Å². The second-order valence-electron chi connectivity index (χ2n) is 4.98. The van der Waals surface area contributed by atoms with E-state index in [9.17, 15) is 9.90 Å². The lowest BCUT2D eigenvalue weighted by Gasteiger charge is -2.32. The van der Waals surface area contributed by atoms with Crippen molar-refractivity contribution in [2.75, 3.05) is 23.3 Å². The fraction of sp³-hybridized carbons (Fsp3) is 0.462. The summed E-state index contributed by atoms with van der Waals surface area (Å²) < 4.78 is 0. The van der Waals surface area contributed by atoms with E-state index in [0.717, 1.165) is 36.3 Å². The predicted octanol–water partition coefficient (Wildman–Crippen LogP) is 0.600. The first-order chi connectivity index (χ1) is 8.65. The van der Waals surface area contributed by atoms with Gasteiger partial charge in [0.2, 0.25) is 5.91 Å². The second kappa shape index (κ2) is 4.26. The molecule has 2 heterocycles. The number of benzene rings is 1. The summed E-state index contributed by atoms with van der Waals surface area (Å²) in [7, 11) is 0. The predicted molar refractivity (Wildman–Crippen MR) is 69.5 cm³/mol. The summed E-state index contributed by atoms with van der Waals surface area (Å²) in [6.45, 7) is 1.59. The molecule has 0 bridgehead atoms. The van der Waals surface area contributed by atoms with Crippen LogP contribution in [0.15, 0.2) is 18.2 Å². The molecule has 1 saturated heterocycles. The minimum Gasteiger partial charge on any atom is -0.391 e. The van der Waals surface area contributed by atoms with Crippen LogP contribution in [0, 0.1) is 0 Å². The maximum Gasteiger partial charge on any atom is 0.245 e. The molecule has 0 saturated carbocycles. The molecule has 5 nitrogen and oxygen atoms in total. The van der Waals surface area contributed by atoms with Gasteiger partial charge >= 0.3 is 0 Å². The van der Waals surface area contributed by atoms with Gasteiger partial charge in [-0.3, -0.25) is 4.79 Å². The Kier molecular flexibility index (Phi) is 2.72. The first-order valence-electron chi connectivity index (χ1n) is 6.28. The SMILES string of the molecule is NC1C(=O)Nc2cc(N3CCCC(O)C3)ccc21. The molecular weight excluding hydrogens is 230 g/mol. The molecule has 0 spiro atoms. The first-order valence-corrected chi connectivity index (χ1v) is 6.28. The number of fused-ring (bicyclic) bond motifs is 1. The highest BCUT2D eigenvalue weighted by molar-refractivity contribution is 6.02. The maximum absolute atomic E-state index is 11.5. The second-order valence-corrected chi connectivity index (χ2v) is 4.98. The van der Waals surface area contributed by atoms with E-state index in [1.54, 1.807) is 0 Å². The van der Waals surface area contributed by atoms with Crippen molar-refractivity contribution in [1.29, 1.82) is 0 Å². The van der Waals surface area contributed by atoms with Crippen molar-refractivity contribution >= 4 is 17.3 Å². The van der Waals surface area contributed by atoms with Gasteiger partial charge in [-0.25, -0.2) is 0 Å². The van der Waals surface area contributed by atoms with Gasteiger partial charge in [0.1, 0.15) is 6.04 Å². The van der Waals surface area contributed by atoms with Crippen molar-refractivity contribution in [1.82, 2.24) is 0 Å². The summed E-state index contributed by atoms with van der Waals surface area (Å²) >= 11 is 0. The number of piperidine rings is 1. The van der Waals surface area contributed by atoms with E-state index >= 15 is 0 Å². The molecule has 5 heteroatoms. The molecule has 1 amide bonds. The van der Waals surface area contributed by atoms with Crippen LogP contribution < -0.4 is 16.0 Å². The number of β-amino-alcohol motifs (C(OH)–C–C–N with tert-alkyl or cyclic N) is 1. The number of nitrogens with zero attached hydrogens (tertiary/aromatic N) is 1. The highest BCUT2D eigenvalue weighted by Crippen LogP contribution is 2.33. The fourth-order valence-electron chi connectivity index (χ4n) is 2.66. The number of hydrogen-bond donors (Lipinski definition) is 3. The summed E-state index contributed by atoms with van der Waals surface area (Å²) in [4.78, 5) is 13.6. The third-order valence-electron chi connectivity index (χ3n) is 3.67. The number of nitrogens with two attached hydrogens (primary N) is 1. The van der Waals surface area contributed by atoms with Crippen LogP contribution in [0.4, 0.5) is 11.4 Å². The lowest BCUT2D eigenvalue weighted by Crippen LogP contribution is -2.38. The summed E-state index contributed by atoms with van der Waals surface area (Å²) in [5, 5.41) is 12.5. The van der Waals surface area contributed by atoms with Crippen LogP contribution in [0.5, 0.6) is 0 Å². The van der Waals surface area contributed by atoms with Gasteiger partial charge in [-0.05, 0) is 25.0 Å².